The molecule has 2 rings (SSSR count). The molecule has 0 saturated heterocycles. The van der Waals surface area contributed by atoms with Gasteiger partial charge in [0, 0.05) is 0 Å². The third-order valence-electron chi connectivity index (χ3n) is 1.11. The van der Waals surface area contributed by atoms with Crippen LogP contribution in [-0.2, 0) is 17.7 Å². The minimum atomic E-state index is -1.69. The standard InChI is InChI=1S/2C5H5.2ClH.Hf.H2Si/c2*1-2-4-5-3-1;;;;/h2*1-5H;2*1H;;1H2/q2*-1;;;+2;/p-2. The first-order valence-corrected chi connectivity index (χ1v) is 21.3. The van der Waals surface area contributed by atoms with Crippen molar-refractivity contribution in [1.29, 1.82) is 0 Å². The molecule has 0 aliphatic heterocycles. The van der Waals surface area contributed by atoms with Crippen molar-refractivity contribution in [2.45, 2.75) is 0 Å². The molecule has 0 aliphatic rings. The minimum absolute atomic E-state index is 1.69. The van der Waals surface area contributed by atoms with Gasteiger partial charge in [0.1, 0.15) is 0 Å². The largest absolute Gasteiger partial charge is 0.214 e. The minimum Gasteiger partial charge on any atom is -0.214 e. The van der Waals surface area contributed by atoms with E-state index in [2.05, 4.69) is 0 Å². The Labute approximate surface area is 102 Å². The summed E-state index contributed by atoms with van der Waals surface area (Å²) in [6.45, 7) is 1.75. The first kappa shape index (κ1) is 14.4. The summed E-state index contributed by atoms with van der Waals surface area (Å²) in [5, 5.41) is 0. The molecule has 0 fully saturated rings. The SMILES string of the molecule is [SiH2]=[Hf]([Cl])[Cl].c1cc[cH-]c1.c1cc[cH-]c1. The van der Waals surface area contributed by atoms with E-state index in [1.165, 1.54) is 0 Å². The molecule has 0 nitrogen and oxygen atoms in total. The Balaban J connectivity index is 0.000000183. The molecule has 2 aromatic carbocycles. The van der Waals surface area contributed by atoms with Crippen LogP contribution < -0.4 is 0 Å². The molecule has 0 saturated carbocycles. The van der Waals surface area contributed by atoms with Gasteiger partial charge in [-0.05, 0) is 0 Å². The zero-order valence-electron chi connectivity index (χ0n) is 7.74. The van der Waals surface area contributed by atoms with Gasteiger partial charge in [-0.1, -0.05) is 0 Å². The van der Waals surface area contributed by atoms with Crippen molar-refractivity contribution in [3.05, 3.63) is 60.7 Å². The van der Waals surface area contributed by atoms with Crippen molar-refractivity contribution in [2.75, 3.05) is 0 Å². The maximum Gasteiger partial charge on any atom is -0.172 e. The van der Waals surface area contributed by atoms with Gasteiger partial charge in [0.2, 0.25) is 0 Å². The van der Waals surface area contributed by atoms with Gasteiger partial charge in [-0.2, -0.15) is 36.4 Å². The van der Waals surface area contributed by atoms with E-state index in [4.69, 9.17) is 17.2 Å². The summed E-state index contributed by atoms with van der Waals surface area (Å²) in [5.41, 5.74) is 0. The van der Waals surface area contributed by atoms with Crippen LogP contribution in [0.25, 0.3) is 0 Å². The fraction of sp³-hybridized carbons (Fsp3) is 0. The van der Waals surface area contributed by atoms with Gasteiger partial charge in [-0.25, -0.2) is 24.3 Å². The molecule has 0 aliphatic carbocycles. The van der Waals surface area contributed by atoms with E-state index < -0.39 is 17.7 Å². The van der Waals surface area contributed by atoms with Crippen molar-refractivity contribution in [1.82, 2.24) is 0 Å². The molecule has 0 amide bonds. The van der Waals surface area contributed by atoms with Gasteiger partial charge in [0.15, 0.2) is 0 Å². The zero-order valence-corrected chi connectivity index (χ0v) is 14.3. The van der Waals surface area contributed by atoms with Crippen LogP contribution >= 0.6 is 17.2 Å². The maximum atomic E-state index is 5.27. The van der Waals surface area contributed by atoms with Crippen LogP contribution in [0.1, 0.15) is 0 Å². The van der Waals surface area contributed by atoms with E-state index in [1.54, 1.807) is 6.94 Å². The van der Waals surface area contributed by atoms with Gasteiger partial charge in [0.25, 0.3) is 0 Å². The molecule has 0 spiro atoms. The molecular formula is C10H12Cl2HfSi-2. The Kier molecular flexibility index (Phi) is 11.7. The summed E-state index contributed by atoms with van der Waals surface area (Å²) in [7, 11) is 10.5. The third-order valence-corrected chi connectivity index (χ3v) is 1.11. The smallest absolute Gasteiger partial charge is 0.172 e. The molecule has 0 unspecified atom stereocenters. The molecule has 0 N–H and O–H groups in total. The Hall–Kier alpha value is 0.367. The molecule has 4 heteroatoms. The average Bonchev–Trinajstić information content (AvgIpc) is 2.83. The molecule has 0 radical (unpaired) electrons. The Bertz CT molecular complexity index is 225. The maximum absolute atomic E-state index is 5.27. The van der Waals surface area contributed by atoms with Gasteiger partial charge >= 0.3 is 41.8 Å². The second kappa shape index (κ2) is 11.4. The van der Waals surface area contributed by atoms with Crippen molar-refractivity contribution >= 4 is 24.1 Å². The Morgan fingerprint density at radius 3 is 1.07 bits per heavy atom. The van der Waals surface area contributed by atoms with Crippen LogP contribution in [0.2, 0.25) is 0 Å². The first-order chi connectivity index (χ1) is 6.73. The first-order valence-electron chi connectivity index (χ1n) is 4.06. The number of hydrogen-bond donors (Lipinski definition) is 0. The van der Waals surface area contributed by atoms with Crippen molar-refractivity contribution in [2.24, 2.45) is 0 Å². The summed E-state index contributed by atoms with van der Waals surface area (Å²) in [5.74, 6) is 0. The summed E-state index contributed by atoms with van der Waals surface area (Å²) in [6.07, 6.45) is 0. The topological polar surface area (TPSA) is 0 Å². The van der Waals surface area contributed by atoms with Gasteiger partial charge in [-0.3, -0.25) is 0 Å². The molecule has 2 aromatic rings. The number of rotatable bonds is 0. The Morgan fingerprint density at radius 2 is 1.00 bits per heavy atom. The van der Waals surface area contributed by atoms with Crippen LogP contribution in [-0.4, -0.2) is 6.94 Å². The van der Waals surface area contributed by atoms with Crippen LogP contribution in [0.5, 0.6) is 0 Å². The third kappa shape index (κ3) is 14.9. The second-order valence-corrected chi connectivity index (χ2v) is 26.9. The number of halogens is 2. The Morgan fingerprint density at radius 1 is 0.786 bits per heavy atom. The normalized spacial score (nSPS) is 7.57. The van der Waals surface area contributed by atoms with E-state index >= 15 is 0 Å². The molecule has 0 aromatic heterocycles. The van der Waals surface area contributed by atoms with Crippen LogP contribution in [0.3, 0.4) is 0 Å². The summed E-state index contributed by atoms with van der Waals surface area (Å²) in [4.78, 5) is 0. The zero-order chi connectivity index (χ0) is 10.6. The molecule has 0 heterocycles. The van der Waals surface area contributed by atoms with Crippen molar-refractivity contribution in [3.8, 4) is 0 Å². The molecule has 0 atom stereocenters. The summed E-state index contributed by atoms with van der Waals surface area (Å²) in [6, 6.07) is 20.0. The van der Waals surface area contributed by atoms with Gasteiger partial charge in [-0.15, -0.1) is 0 Å². The monoisotopic (exact) mass is 410 g/mol. The van der Waals surface area contributed by atoms with Gasteiger partial charge < -0.3 is 0 Å². The summed E-state index contributed by atoms with van der Waals surface area (Å²) >= 11 is -1.69. The van der Waals surface area contributed by atoms with Crippen LogP contribution in [0, 0.1) is 0 Å². The summed E-state index contributed by atoms with van der Waals surface area (Å²) < 4.78 is 0. The predicted molar refractivity (Wildman–Crippen MR) is 64.3 cm³/mol. The van der Waals surface area contributed by atoms with Crippen LogP contribution in [0.15, 0.2) is 60.7 Å². The predicted octanol–water partition coefficient (Wildman–Crippen LogP) is 3.27. The molecule has 76 valence electrons. The average molecular weight is 410 g/mol. The fourth-order valence-electron chi connectivity index (χ4n) is 0.642. The van der Waals surface area contributed by atoms with Crippen LogP contribution in [0.4, 0.5) is 0 Å². The molecule has 14 heavy (non-hydrogen) atoms. The van der Waals surface area contributed by atoms with Gasteiger partial charge in [0.05, 0.1) is 0 Å². The van der Waals surface area contributed by atoms with Crippen molar-refractivity contribution < 1.29 is 17.7 Å². The van der Waals surface area contributed by atoms with Crippen molar-refractivity contribution in [3.63, 3.8) is 0 Å². The quantitative estimate of drug-likeness (QED) is 0.463. The van der Waals surface area contributed by atoms with E-state index in [9.17, 15) is 0 Å². The van der Waals surface area contributed by atoms with E-state index in [0.717, 1.165) is 0 Å². The van der Waals surface area contributed by atoms with E-state index in [0.29, 0.717) is 0 Å². The number of hydrogen-bond acceptors (Lipinski definition) is 0. The molecule has 0 bridgehead atoms. The second-order valence-electron chi connectivity index (χ2n) is 2.26. The molecular weight excluding hydrogens is 398 g/mol. The van der Waals surface area contributed by atoms with E-state index in [-0.39, 0.29) is 0 Å². The van der Waals surface area contributed by atoms with E-state index in [1.807, 2.05) is 60.7 Å². The fourth-order valence-corrected chi connectivity index (χ4v) is 0.642.